The van der Waals surface area contributed by atoms with E-state index in [1.807, 2.05) is 108 Å². The lowest BCUT2D eigenvalue weighted by Gasteiger charge is -2.43. The molecule has 0 N–H and O–H groups in total. The fourth-order valence-corrected chi connectivity index (χ4v) is 13.7. The zero-order valence-electron chi connectivity index (χ0n) is 54.0. The van der Waals surface area contributed by atoms with Crippen molar-refractivity contribution >= 4 is 85.4 Å². The van der Waals surface area contributed by atoms with Crippen LogP contribution in [0.4, 0.5) is 30.2 Å². The van der Waals surface area contributed by atoms with Crippen LogP contribution in [0.1, 0.15) is 33.8 Å². The largest absolute Gasteiger partial charge is 0.488 e. The van der Waals surface area contributed by atoms with Gasteiger partial charge in [-0.15, -0.1) is 0 Å². The number of aromatic nitrogens is 8. The molecule has 0 unspecified atom stereocenters. The molecule has 5 aromatic heterocycles. The first-order valence-electron chi connectivity index (χ1n) is 32.3. The molecule has 7 aliphatic heterocycles. The number of fused-ring (bicyclic) bond motifs is 6. The lowest BCUT2D eigenvalue weighted by atomic mass is 10.1. The maximum absolute atomic E-state index is 13.4. The second-order valence-corrected chi connectivity index (χ2v) is 24.6. The van der Waals surface area contributed by atoms with Crippen molar-refractivity contribution in [3.63, 3.8) is 0 Å². The molecule has 3 saturated heterocycles. The molecule has 27 heteroatoms. The van der Waals surface area contributed by atoms with Crippen molar-refractivity contribution < 1.29 is 41.4 Å². The molecule has 0 amide bonds. The Kier molecular flexibility index (Phi) is 16.7. The first-order chi connectivity index (χ1) is 48.5. The Hall–Kier alpha value is -11.9. The van der Waals surface area contributed by atoms with Crippen molar-refractivity contribution in [2.45, 2.75) is 20.8 Å². The van der Waals surface area contributed by atoms with Crippen LogP contribution in [-0.2, 0) is 14.2 Å². The topological polar surface area (TPSA) is 195 Å². The zero-order valence-corrected chi connectivity index (χ0v) is 54.8. The summed E-state index contributed by atoms with van der Waals surface area (Å²) in [6.45, 7) is 13.6. The van der Waals surface area contributed by atoms with Gasteiger partial charge in [0.1, 0.15) is 37.3 Å². The second kappa shape index (κ2) is 26.6. The Morgan fingerprint density at radius 2 is 0.828 bits per heavy atom. The number of hydrogen-bond acceptors (Lipinski definition) is 21. The van der Waals surface area contributed by atoms with Crippen molar-refractivity contribution in [3.8, 4) is 28.6 Å². The van der Waals surface area contributed by atoms with Gasteiger partial charge in [-0.2, -0.15) is 4.37 Å². The minimum Gasteiger partial charge on any atom is -0.488 e. The maximum Gasteiger partial charge on any atom is 0.231 e. The smallest absolute Gasteiger partial charge is 0.231 e. The number of aliphatic imine (C=N–C) groups is 3. The van der Waals surface area contributed by atoms with Crippen LogP contribution in [0.15, 0.2) is 196 Å². The molecule has 6 aromatic carbocycles. The van der Waals surface area contributed by atoms with Gasteiger partial charge in [0.2, 0.25) is 6.79 Å². The van der Waals surface area contributed by atoms with E-state index in [4.69, 9.17) is 43.2 Å². The summed E-state index contributed by atoms with van der Waals surface area (Å²) in [5, 5.41) is 18.7. The van der Waals surface area contributed by atoms with E-state index < -0.39 is 0 Å². The second-order valence-electron chi connectivity index (χ2n) is 23.8. The minimum atomic E-state index is -0.252. The Labute approximate surface area is 569 Å². The van der Waals surface area contributed by atoms with E-state index in [0.717, 1.165) is 120 Å². The number of halogens is 3. The van der Waals surface area contributed by atoms with Gasteiger partial charge in [0.15, 0.2) is 51.9 Å². The van der Waals surface area contributed by atoms with Crippen molar-refractivity contribution in [1.82, 2.24) is 53.2 Å². The Morgan fingerprint density at radius 3 is 1.30 bits per heavy atom. The summed E-state index contributed by atoms with van der Waals surface area (Å²) < 4.78 is 87.0. The van der Waals surface area contributed by atoms with Crippen LogP contribution in [0, 0.1) is 38.2 Å². The number of imidazole rings is 3. The average molecular weight is 1350 g/mol. The van der Waals surface area contributed by atoms with Crippen LogP contribution in [0.2, 0.25) is 0 Å². The third kappa shape index (κ3) is 12.4. The molecule has 11 aromatic rings. The molecule has 0 aliphatic carbocycles. The van der Waals surface area contributed by atoms with Crippen molar-refractivity contribution in [1.29, 1.82) is 0 Å². The number of morpholine rings is 3. The van der Waals surface area contributed by atoms with Crippen molar-refractivity contribution in [2.24, 2.45) is 15.0 Å². The fourth-order valence-electron chi connectivity index (χ4n) is 12.9. The number of ether oxygens (including phenoxy) is 5. The van der Waals surface area contributed by atoms with E-state index in [1.54, 1.807) is 55.2 Å². The van der Waals surface area contributed by atoms with E-state index in [2.05, 4.69) is 66.7 Å². The summed E-state index contributed by atoms with van der Waals surface area (Å²) in [6, 6.07) is 31.7. The molecule has 0 saturated carbocycles. The molecule has 0 atom stereocenters. The fraction of sp³-hybridized carbons (Fsp3) is 0.222. The van der Waals surface area contributed by atoms with Crippen LogP contribution < -0.4 is 24.5 Å². The molecule has 18 rings (SSSR count). The van der Waals surface area contributed by atoms with Gasteiger partial charge in [-0.25, -0.2) is 28.1 Å². The quantitative estimate of drug-likeness (QED) is 0.132. The van der Waals surface area contributed by atoms with Crippen LogP contribution in [0.25, 0.3) is 56.3 Å². The SMILES string of the molecule is Cc1cn(-c2ccc(/C=C3\OCCN4C3=NCCN4c3ccc(F)cc3)c3c2OCO3)cn1.Cc1cn(-c2ccc(/C=C3\OCCN4C3=NCCN4c3ccc(F)cc3)c3cnoc23)cn1.Cc1cn(-c2ccc(/C=C3\OCCN4C3=NCCN4c3ccc(F)cc3)c3cnsc23)cn1. The molecule has 23 nitrogen and oxygen atoms in total. The van der Waals surface area contributed by atoms with Crippen LogP contribution in [-0.4, -0.2) is 156 Å². The molecule has 500 valence electrons. The summed E-state index contributed by atoms with van der Waals surface area (Å²) in [5.41, 5.74) is 11.9. The van der Waals surface area contributed by atoms with Gasteiger partial charge in [-0.05, 0) is 159 Å². The molecule has 12 heterocycles. The lowest BCUT2D eigenvalue weighted by Crippen LogP contribution is -2.55. The summed E-state index contributed by atoms with van der Waals surface area (Å²) >= 11 is 1.47. The average Bonchev–Trinajstić information content (AvgIpc) is 1.73. The third-order valence-corrected chi connectivity index (χ3v) is 18.3. The number of rotatable bonds is 9. The van der Waals surface area contributed by atoms with Gasteiger partial charge in [-0.1, -0.05) is 17.3 Å². The first kappa shape index (κ1) is 62.0. The highest BCUT2D eigenvalue weighted by Crippen LogP contribution is 2.43. The molecule has 7 aliphatic rings. The molecular formula is C72H64F3N17O6S. The van der Waals surface area contributed by atoms with E-state index in [9.17, 15) is 13.2 Å². The Balaban J connectivity index is 0.000000116. The molecular weight excluding hydrogens is 1290 g/mol. The van der Waals surface area contributed by atoms with Gasteiger partial charge in [0.05, 0.1) is 145 Å². The summed E-state index contributed by atoms with van der Waals surface area (Å²) in [6.07, 6.45) is 20.8. The van der Waals surface area contributed by atoms with E-state index in [0.29, 0.717) is 94.2 Å². The van der Waals surface area contributed by atoms with Crippen LogP contribution in [0.3, 0.4) is 0 Å². The molecule has 0 bridgehead atoms. The van der Waals surface area contributed by atoms with Gasteiger partial charge in [-0.3, -0.25) is 45.0 Å². The minimum absolute atomic E-state index is 0.155. The van der Waals surface area contributed by atoms with Gasteiger partial charge < -0.3 is 41.9 Å². The summed E-state index contributed by atoms with van der Waals surface area (Å²) in [5.74, 6) is 4.97. The number of nitrogens with zero attached hydrogens (tertiary/aromatic N) is 17. The molecule has 0 radical (unpaired) electrons. The van der Waals surface area contributed by atoms with Crippen molar-refractivity contribution in [3.05, 3.63) is 228 Å². The predicted molar refractivity (Wildman–Crippen MR) is 372 cm³/mol. The monoisotopic (exact) mass is 1350 g/mol. The standard InChI is InChI=1S/C24H21FN6O2.C24H21FN6OS.C24H22FN5O3/c2*1-16-14-29(15-27-16)21-7-2-17(20-13-28-33-23(20)21)12-22-24-26-8-9-30(31(24)10-11-32-22)19-5-3-18(25)4-6-19;1-16-13-28(14-27-16)20-7-2-17(22-23(20)33-15-32-22)12-21-24-26-8-9-29(30(24)10-11-31-21)19-5-3-18(25)4-6-19/h2*2-7,12-15H,8-11H2,1H3;2-7,12-14H,8-11,15H2,1H3/b2*22-12-;21-12-. The Morgan fingerprint density at radius 1 is 0.414 bits per heavy atom. The maximum atomic E-state index is 13.4. The molecule has 0 spiro atoms. The number of aryl methyl sites for hydroxylation is 3. The lowest BCUT2D eigenvalue weighted by molar-refractivity contribution is 0.160. The molecule has 99 heavy (non-hydrogen) atoms. The highest BCUT2D eigenvalue weighted by Gasteiger charge is 2.35. The normalized spacial score (nSPS) is 17.6. The summed E-state index contributed by atoms with van der Waals surface area (Å²) in [7, 11) is 0. The number of amidine groups is 3. The number of hydrogen-bond donors (Lipinski definition) is 0. The van der Waals surface area contributed by atoms with Crippen LogP contribution in [0.5, 0.6) is 11.5 Å². The highest BCUT2D eigenvalue weighted by molar-refractivity contribution is 7.13. The number of anilines is 3. The van der Waals surface area contributed by atoms with Gasteiger partial charge in [0, 0.05) is 35.7 Å². The van der Waals surface area contributed by atoms with E-state index in [1.165, 1.54) is 47.9 Å². The highest BCUT2D eigenvalue weighted by atomic mass is 32.1. The summed E-state index contributed by atoms with van der Waals surface area (Å²) in [4.78, 5) is 27.2. The van der Waals surface area contributed by atoms with Crippen LogP contribution >= 0.6 is 11.5 Å². The third-order valence-electron chi connectivity index (χ3n) is 17.5. The van der Waals surface area contributed by atoms with E-state index in [-0.39, 0.29) is 24.2 Å². The first-order valence-corrected chi connectivity index (χ1v) is 33.1. The molecule has 3 fully saturated rings. The van der Waals surface area contributed by atoms with Gasteiger partial charge >= 0.3 is 0 Å². The Bertz CT molecular complexity index is 4820. The number of benzene rings is 6. The van der Waals surface area contributed by atoms with E-state index >= 15 is 0 Å². The predicted octanol–water partition coefficient (Wildman–Crippen LogP) is 12.0. The van der Waals surface area contributed by atoms with Gasteiger partial charge in [0.25, 0.3) is 0 Å². The van der Waals surface area contributed by atoms with Crippen molar-refractivity contribution in [2.75, 3.05) is 101 Å². The number of hydrazine groups is 3. The zero-order chi connectivity index (χ0) is 67.1.